The summed E-state index contributed by atoms with van der Waals surface area (Å²) in [6, 6.07) is 3.25. The fourth-order valence-corrected chi connectivity index (χ4v) is 6.19. The zero-order chi connectivity index (χ0) is 24.9. The van der Waals surface area contributed by atoms with Crippen LogP contribution in [0.4, 0.5) is 4.39 Å². The smallest absolute Gasteiger partial charge is 0.274 e. The molecule has 2 aromatic heterocycles. The molecule has 4 heterocycles. The summed E-state index contributed by atoms with van der Waals surface area (Å²) in [4.78, 5) is 32.2. The number of carbonyl (C=O) groups is 2. The van der Waals surface area contributed by atoms with E-state index >= 15 is 0 Å². The Labute approximate surface area is 209 Å². The van der Waals surface area contributed by atoms with Crippen LogP contribution in [0.5, 0.6) is 5.88 Å². The Morgan fingerprint density at radius 2 is 1.97 bits per heavy atom. The van der Waals surface area contributed by atoms with E-state index in [4.69, 9.17) is 9.47 Å². The number of nitrogens with zero attached hydrogens (tertiary/aromatic N) is 3. The average Bonchev–Trinajstić information content (AvgIpc) is 3.45. The van der Waals surface area contributed by atoms with Gasteiger partial charge in [0.25, 0.3) is 5.91 Å². The number of halogens is 1. The summed E-state index contributed by atoms with van der Waals surface area (Å²) in [7, 11) is 1.46. The lowest BCUT2D eigenvalue weighted by Crippen LogP contribution is -2.53. The third kappa shape index (κ3) is 4.15. The minimum atomic E-state index is -0.530. The van der Waals surface area contributed by atoms with Gasteiger partial charge in [0.2, 0.25) is 11.8 Å². The third-order valence-corrected chi connectivity index (χ3v) is 8.68. The van der Waals surface area contributed by atoms with Crippen molar-refractivity contribution in [3.05, 3.63) is 29.8 Å². The molecule has 9 nitrogen and oxygen atoms in total. The Kier molecular flexibility index (Phi) is 5.74. The number of ether oxygens (including phenoxy) is 2. The first kappa shape index (κ1) is 23.4. The maximum Gasteiger partial charge on any atom is 0.274 e. The normalized spacial score (nSPS) is 28.6. The Balaban J connectivity index is 1.09. The monoisotopic (exact) mass is 497 g/mol. The molecule has 2 saturated carbocycles. The van der Waals surface area contributed by atoms with E-state index in [1.807, 2.05) is 4.90 Å². The fraction of sp³-hybridized carbons (Fsp3) is 0.615. The second-order valence-electron chi connectivity index (χ2n) is 10.8. The van der Waals surface area contributed by atoms with Crippen molar-refractivity contribution >= 4 is 11.8 Å². The Morgan fingerprint density at radius 1 is 1.19 bits per heavy atom. The minimum absolute atomic E-state index is 0.0829. The molecule has 36 heavy (non-hydrogen) atoms. The summed E-state index contributed by atoms with van der Waals surface area (Å²) in [6.07, 6.45) is 9.30. The molecule has 0 bridgehead atoms. The van der Waals surface area contributed by atoms with Crippen molar-refractivity contribution in [1.82, 2.24) is 25.4 Å². The number of rotatable bonds is 5. The molecule has 4 fully saturated rings. The van der Waals surface area contributed by atoms with Crippen LogP contribution >= 0.6 is 0 Å². The van der Waals surface area contributed by atoms with E-state index in [1.165, 1.54) is 13.2 Å². The molecule has 2 aliphatic heterocycles. The van der Waals surface area contributed by atoms with Gasteiger partial charge in [-0.3, -0.25) is 14.7 Å². The zero-order valence-electron chi connectivity index (χ0n) is 20.5. The van der Waals surface area contributed by atoms with Crippen LogP contribution in [-0.4, -0.2) is 69.3 Å². The molecule has 2 saturated heterocycles. The quantitative estimate of drug-likeness (QED) is 0.657. The lowest BCUT2D eigenvalue weighted by atomic mass is 9.77. The van der Waals surface area contributed by atoms with Crippen LogP contribution in [0.3, 0.4) is 0 Å². The number of H-pyrrole nitrogens is 1. The number of nitrogens with one attached hydrogen (secondary N) is 2. The predicted molar refractivity (Wildman–Crippen MR) is 128 cm³/mol. The average molecular weight is 498 g/mol. The number of hydrogen-bond donors (Lipinski definition) is 2. The highest BCUT2D eigenvalue weighted by Gasteiger charge is 2.55. The molecule has 4 aliphatic rings. The van der Waals surface area contributed by atoms with E-state index in [1.54, 1.807) is 6.07 Å². The third-order valence-electron chi connectivity index (χ3n) is 8.68. The van der Waals surface area contributed by atoms with E-state index < -0.39 is 5.82 Å². The van der Waals surface area contributed by atoms with Crippen LogP contribution in [0.2, 0.25) is 0 Å². The van der Waals surface area contributed by atoms with Gasteiger partial charge in [0, 0.05) is 35.7 Å². The number of hydrogen-bond acceptors (Lipinski definition) is 6. The number of methoxy groups -OCH3 is 1. The molecule has 2 aliphatic carbocycles. The predicted octanol–water partition coefficient (Wildman–Crippen LogP) is 3.22. The maximum atomic E-state index is 14.3. The molecule has 6 rings (SSSR count). The van der Waals surface area contributed by atoms with Gasteiger partial charge in [-0.25, -0.2) is 9.37 Å². The molecule has 2 N–H and O–H groups in total. The number of aromatic amines is 1. The van der Waals surface area contributed by atoms with E-state index in [0.29, 0.717) is 25.1 Å². The highest BCUT2D eigenvalue weighted by molar-refractivity contribution is 5.94. The van der Waals surface area contributed by atoms with Gasteiger partial charge in [0.05, 0.1) is 31.2 Å². The number of amides is 2. The second-order valence-corrected chi connectivity index (χ2v) is 10.8. The number of piperidine rings is 1. The van der Waals surface area contributed by atoms with Gasteiger partial charge in [0.1, 0.15) is 0 Å². The Hall–Kier alpha value is -3.01. The second kappa shape index (κ2) is 8.83. The number of carbonyl (C=O) groups excluding carboxylic acids is 2. The number of pyridine rings is 1. The van der Waals surface area contributed by atoms with Gasteiger partial charge in [-0.1, -0.05) is 0 Å². The first-order valence-corrected chi connectivity index (χ1v) is 12.9. The lowest BCUT2D eigenvalue weighted by Gasteiger charge is -2.47. The molecule has 2 aromatic rings. The summed E-state index contributed by atoms with van der Waals surface area (Å²) in [5.74, 6) is -0.408. The van der Waals surface area contributed by atoms with Crippen molar-refractivity contribution in [2.75, 3.05) is 20.3 Å². The van der Waals surface area contributed by atoms with Gasteiger partial charge in [-0.2, -0.15) is 5.10 Å². The van der Waals surface area contributed by atoms with Crippen LogP contribution in [0, 0.1) is 11.7 Å². The van der Waals surface area contributed by atoms with Gasteiger partial charge >= 0.3 is 0 Å². The molecule has 0 unspecified atom stereocenters. The molecular formula is C26H32FN5O4. The summed E-state index contributed by atoms with van der Waals surface area (Å²) < 4.78 is 25.2. The van der Waals surface area contributed by atoms with Crippen molar-refractivity contribution < 1.29 is 23.5 Å². The van der Waals surface area contributed by atoms with Gasteiger partial charge < -0.3 is 19.7 Å². The Bertz CT molecular complexity index is 1160. The zero-order valence-corrected chi connectivity index (χ0v) is 20.5. The summed E-state index contributed by atoms with van der Waals surface area (Å²) >= 11 is 0. The van der Waals surface area contributed by atoms with E-state index in [2.05, 4.69) is 20.5 Å². The molecule has 0 radical (unpaired) electrons. The first-order valence-electron chi connectivity index (χ1n) is 12.9. The van der Waals surface area contributed by atoms with Crippen LogP contribution < -0.4 is 10.1 Å². The van der Waals surface area contributed by atoms with E-state index in [9.17, 15) is 14.0 Å². The van der Waals surface area contributed by atoms with Crippen molar-refractivity contribution in [3.8, 4) is 17.1 Å². The van der Waals surface area contributed by atoms with Gasteiger partial charge in [-0.05, 0) is 63.9 Å². The summed E-state index contributed by atoms with van der Waals surface area (Å²) in [5.41, 5.74) is 0.674. The molecular weight excluding hydrogens is 465 g/mol. The molecule has 2 spiro atoms. The van der Waals surface area contributed by atoms with Crippen molar-refractivity contribution in [3.63, 3.8) is 0 Å². The van der Waals surface area contributed by atoms with Crippen LogP contribution in [0.15, 0.2) is 18.3 Å². The Morgan fingerprint density at radius 3 is 2.64 bits per heavy atom. The lowest BCUT2D eigenvalue weighted by molar-refractivity contribution is -0.168. The van der Waals surface area contributed by atoms with Crippen LogP contribution in [-0.2, 0) is 9.53 Å². The minimum Gasteiger partial charge on any atom is -0.481 e. The summed E-state index contributed by atoms with van der Waals surface area (Å²) in [6.45, 7) is 1.38. The highest BCUT2D eigenvalue weighted by atomic mass is 19.1. The maximum absolute atomic E-state index is 14.3. The molecule has 1 atom stereocenters. The van der Waals surface area contributed by atoms with E-state index in [0.717, 1.165) is 57.7 Å². The first-order chi connectivity index (χ1) is 17.4. The van der Waals surface area contributed by atoms with Gasteiger partial charge in [0.15, 0.2) is 11.5 Å². The van der Waals surface area contributed by atoms with Crippen molar-refractivity contribution in [1.29, 1.82) is 0 Å². The topological polar surface area (TPSA) is 109 Å². The van der Waals surface area contributed by atoms with Crippen molar-refractivity contribution in [2.24, 2.45) is 5.92 Å². The fourth-order valence-electron chi connectivity index (χ4n) is 6.19. The van der Waals surface area contributed by atoms with Crippen LogP contribution in [0.25, 0.3) is 11.3 Å². The molecule has 10 heteroatoms. The largest absolute Gasteiger partial charge is 0.481 e. The SMILES string of the molecule is COc1cc(-c2cc(C(=O)N3CC[C@H](C(=O)N[C@H]4CC[C@]5(CCO5)CC4)CC34CC4)n[nH]2)c(F)cn1. The van der Waals surface area contributed by atoms with Crippen LogP contribution in [0.1, 0.15) is 68.3 Å². The summed E-state index contributed by atoms with van der Waals surface area (Å²) in [5, 5.41) is 10.2. The standard InChI is InChI=1S/C26H32FN5O4/c1-35-22-12-18(19(27)15-28-22)20-13-21(31-30-20)24(34)32-10-4-16(14-25(32)7-8-25)23(33)29-17-2-5-26(6-3-17)9-11-36-26/h12-13,15-17H,2-11,14H2,1H3,(H,29,33)(H,30,31)/t16-,17-,26+/m0/s1. The van der Waals surface area contributed by atoms with Crippen molar-refractivity contribution in [2.45, 2.75) is 75.0 Å². The molecule has 192 valence electrons. The highest BCUT2D eigenvalue weighted by Crippen LogP contribution is 2.50. The molecule has 0 aromatic carbocycles. The van der Waals surface area contributed by atoms with E-state index in [-0.39, 0.29) is 52.1 Å². The molecule has 2 amide bonds. The van der Waals surface area contributed by atoms with Gasteiger partial charge in [-0.15, -0.1) is 0 Å². The number of aromatic nitrogens is 3. The number of likely N-dealkylation sites (tertiary alicyclic amines) is 1.